The molecule has 0 aliphatic carbocycles. The Labute approximate surface area is 83.4 Å². The van der Waals surface area contributed by atoms with Crippen LogP contribution >= 0.6 is 11.5 Å². The van der Waals surface area contributed by atoms with Crippen molar-refractivity contribution in [1.29, 1.82) is 0 Å². The standard InChI is InChI=1S/C5H5N5O2S2/c11-14(12,5-1-2-6-8-5)9-4-3-7-10-13-4/h1-3,9H,(H,6,8). The Hall–Kier alpha value is -1.48. The first-order valence-electron chi connectivity index (χ1n) is 3.48. The number of aromatic nitrogens is 4. The van der Waals surface area contributed by atoms with Crippen LogP contribution in [0.4, 0.5) is 5.00 Å². The molecule has 0 atom stereocenters. The highest BCUT2D eigenvalue weighted by atomic mass is 32.2. The second kappa shape index (κ2) is 3.35. The van der Waals surface area contributed by atoms with E-state index in [-0.39, 0.29) is 5.03 Å². The van der Waals surface area contributed by atoms with E-state index in [4.69, 9.17) is 0 Å². The number of nitrogens with one attached hydrogen (secondary N) is 2. The molecule has 0 radical (unpaired) electrons. The normalized spacial score (nSPS) is 11.4. The van der Waals surface area contributed by atoms with E-state index in [9.17, 15) is 8.42 Å². The Kier molecular flexibility index (Phi) is 2.17. The maximum atomic E-state index is 11.5. The molecule has 2 N–H and O–H groups in total. The van der Waals surface area contributed by atoms with Gasteiger partial charge in [0.05, 0.1) is 12.4 Å². The molecule has 74 valence electrons. The van der Waals surface area contributed by atoms with E-state index in [1.165, 1.54) is 18.5 Å². The molecule has 9 heteroatoms. The number of hydrogen-bond donors (Lipinski definition) is 2. The second-order valence-corrected chi connectivity index (χ2v) is 4.74. The third-order valence-corrected chi connectivity index (χ3v) is 3.37. The molecule has 0 bridgehead atoms. The third-order valence-electron chi connectivity index (χ3n) is 1.36. The van der Waals surface area contributed by atoms with Crippen molar-refractivity contribution < 1.29 is 8.42 Å². The van der Waals surface area contributed by atoms with Crippen LogP contribution in [-0.4, -0.2) is 28.2 Å². The predicted octanol–water partition coefficient (Wildman–Crippen LogP) is 0.0620. The van der Waals surface area contributed by atoms with Crippen molar-refractivity contribution in [1.82, 2.24) is 19.8 Å². The summed E-state index contributed by atoms with van der Waals surface area (Å²) in [7, 11) is -3.58. The van der Waals surface area contributed by atoms with Crippen LogP contribution in [0, 0.1) is 0 Å². The van der Waals surface area contributed by atoms with Gasteiger partial charge in [0.15, 0.2) is 5.03 Å². The van der Waals surface area contributed by atoms with E-state index < -0.39 is 10.0 Å². The average molecular weight is 231 g/mol. The topological polar surface area (TPSA) is 101 Å². The van der Waals surface area contributed by atoms with E-state index in [2.05, 4.69) is 24.5 Å². The zero-order chi connectivity index (χ0) is 10.0. The number of aromatic amines is 1. The molecule has 0 spiro atoms. The van der Waals surface area contributed by atoms with Crippen LogP contribution in [0.15, 0.2) is 23.5 Å². The molecule has 14 heavy (non-hydrogen) atoms. The lowest BCUT2D eigenvalue weighted by Gasteiger charge is -2.00. The summed E-state index contributed by atoms with van der Waals surface area (Å²) in [5.74, 6) is 0. The fourth-order valence-corrected chi connectivity index (χ4v) is 2.39. The fourth-order valence-electron chi connectivity index (χ4n) is 0.792. The van der Waals surface area contributed by atoms with E-state index in [0.29, 0.717) is 5.00 Å². The molecule has 0 saturated heterocycles. The minimum atomic E-state index is -3.58. The molecule has 0 aliphatic heterocycles. The molecule has 0 aliphatic rings. The molecule has 0 unspecified atom stereocenters. The third kappa shape index (κ3) is 1.72. The highest BCUT2D eigenvalue weighted by Crippen LogP contribution is 2.15. The van der Waals surface area contributed by atoms with Crippen molar-refractivity contribution in [2.24, 2.45) is 0 Å². The van der Waals surface area contributed by atoms with Crippen LogP contribution < -0.4 is 4.72 Å². The predicted molar refractivity (Wildman–Crippen MR) is 49.3 cm³/mol. The molecule has 0 aromatic carbocycles. The van der Waals surface area contributed by atoms with Gasteiger partial charge in [0.25, 0.3) is 10.0 Å². The number of hydrogen-bond acceptors (Lipinski definition) is 6. The summed E-state index contributed by atoms with van der Waals surface area (Å²) < 4.78 is 28.9. The second-order valence-electron chi connectivity index (χ2n) is 2.31. The Bertz CT molecular complexity index is 488. The van der Waals surface area contributed by atoms with E-state index >= 15 is 0 Å². The number of nitrogens with zero attached hydrogens (tertiary/aromatic N) is 3. The largest absolute Gasteiger partial charge is 0.279 e. The van der Waals surface area contributed by atoms with Gasteiger partial charge in [-0.05, 0) is 6.07 Å². The van der Waals surface area contributed by atoms with Gasteiger partial charge in [-0.2, -0.15) is 13.5 Å². The minimum Gasteiger partial charge on any atom is -0.266 e. The van der Waals surface area contributed by atoms with Gasteiger partial charge >= 0.3 is 0 Å². The summed E-state index contributed by atoms with van der Waals surface area (Å²) in [6.45, 7) is 0. The van der Waals surface area contributed by atoms with Crippen LogP contribution in [0.2, 0.25) is 0 Å². The van der Waals surface area contributed by atoms with Crippen molar-refractivity contribution in [2.75, 3.05) is 4.72 Å². The summed E-state index contributed by atoms with van der Waals surface area (Å²) in [5, 5.41) is 9.77. The average Bonchev–Trinajstić information content (AvgIpc) is 2.71. The monoisotopic (exact) mass is 231 g/mol. The van der Waals surface area contributed by atoms with Crippen molar-refractivity contribution >= 4 is 26.6 Å². The molecule has 2 rings (SSSR count). The number of sulfonamides is 1. The van der Waals surface area contributed by atoms with Crippen molar-refractivity contribution in [2.45, 2.75) is 5.03 Å². The lowest BCUT2D eigenvalue weighted by molar-refractivity contribution is 0.597. The number of H-pyrrole nitrogens is 1. The van der Waals surface area contributed by atoms with Gasteiger partial charge in [0.1, 0.15) is 5.00 Å². The fraction of sp³-hybridized carbons (Fsp3) is 0. The minimum absolute atomic E-state index is 0.00546. The first kappa shape index (κ1) is 9.09. The van der Waals surface area contributed by atoms with Gasteiger partial charge in [-0.25, -0.2) is 0 Å². The molecule has 0 saturated carbocycles. The first-order chi connectivity index (χ1) is 6.68. The molecule has 2 aromatic heterocycles. The van der Waals surface area contributed by atoms with Crippen LogP contribution in [0.1, 0.15) is 0 Å². The highest BCUT2D eigenvalue weighted by Gasteiger charge is 2.16. The quantitative estimate of drug-likeness (QED) is 0.778. The number of rotatable bonds is 3. The summed E-state index contributed by atoms with van der Waals surface area (Å²) in [5.41, 5.74) is 0. The SMILES string of the molecule is O=S(=O)(Nc1cnns1)c1ccn[nH]1. The van der Waals surface area contributed by atoms with Gasteiger partial charge in [0, 0.05) is 11.5 Å². The lowest BCUT2D eigenvalue weighted by atomic mass is 10.8. The summed E-state index contributed by atoms with van der Waals surface area (Å²) in [6.07, 6.45) is 2.69. The van der Waals surface area contributed by atoms with Gasteiger partial charge in [-0.1, -0.05) is 4.49 Å². The first-order valence-corrected chi connectivity index (χ1v) is 5.74. The van der Waals surface area contributed by atoms with Crippen molar-refractivity contribution in [3.63, 3.8) is 0 Å². The van der Waals surface area contributed by atoms with Crippen molar-refractivity contribution in [3.05, 3.63) is 18.5 Å². The number of anilines is 1. The van der Waals surface area contributed by atoms with Gasteiger partial charge < -0.3 is 0 Å². The van der Waals surface area contributed by atoms with Gasteiger partial charge in [-0.15, -0.1) is 5.10 Å². The summed E-state index contributed by atoms with van der Waals surface area (Å²) >= 11 is 0.961. The lowest BCUT2D eigenvalue weighted by Crippen LogP contribution is -2.12. The van der Waals surface area contributed by atoms with E-state index in [1.54, 1.807) is 0 Å². The Morgan fingerprint density at radius 2 is 2.36 bits per heavy atom. The molecule has 0 amide bonds. The van der Waals surface area contributed by atoms with Gasteiger partial charge in [0.2, 0.25) is 0 Å². The van der Waals surface area contributed by atoms with Crippen LogP contribution in [0.5, 0.6) is 0 Å². The van der Waals surface area contributed by atoms with E-state index in [0.717, 1.165) is 11.5 Å². The maximum Gasteiger partial charge on any atom is 0.279 e. The molecular formula is C5H5N5O2S2. The molecule has 2 heterocycles. The molecule has 2 aromatic rings. The maximum absolute atomic E-state index is 11.5. The summed E-state index contributed by atoms with van der Waals surface area (Å²) in [4.78, 5) is 0. The Morgan fingerprint density at radius 1 is 1.50 bits per heavy atom. The molecular weight excluding hydrogens is 226 g/mol. The van der Waals surface area contributed by atoms with E-state index in [1.807, 2.05) is 0 Å². The van der Waals surface area contributed by atoms with Gasteiger partial charge in [-0.3, -0.25) is 9.82 Å². The van der Waals surface area contributed by atoms with Crippen LogP contribution in [0.3, 0.4) is 0 Å². The zero-order valence-electron chi connectivity index (χ0n) is 6.71. The Morgan fingerprint density at radius 3 is 2.93 bits per heavy atom. The highest BCUT2D eigenvalue weighted by molar-refractivity contribution is 7.92. The molecule has 7 nitrogen and oxygen atoms in total. The van der Waals surface area contributed by atoms with Crippen molar-refractivity contribution in [3.8, 4) is 0 Å². The molecule has 0 fully saturated rings. The zero-order valence-corrected chi connectivity index (χ0v) is 8.34. The smallest absolute Gasteiger partial charge is 0.266 e. The Balaban J connectivity index is 2.27. The van der Waals surface area contributed by atoms with Crippen LogP contribution in [0.25, 0.3) is 0 Å². The summed E-state index contributed by atoms with van der Waals surface area (Å²) in [6, 6.07) is 1.36. The van der Waals surface area contributed by atoms with Crippen LogP contribution in [-0.2, 0) is 10.0 Å².